The molecule has 0 atom stereocenters. The van der Waals surface area contributed by atoms with Crippen molar-refractivity contribution in [1.82, 2.24) is 9.97 Å². The lowest BCUT2D eigenvalue weighted by molar-refractivity contribution is 1.08. The fourth-order valence-electron chi connectivity index (χ4n) is 1.90. The lowest BCUT2D eigenvalue weighted by atomic mass is 10.1. The van der Waals surface area contributed by atoms with Crippen molar-refractivity contribution in [3.8, 4) is 6.07 Å². The number of benzene rings is 1. The smallest absolute Gasteiger partial charge is 0.228 e. The molecule has 1 aromatic carbocycles. The highest BCUT2D eigenvalue weighted by Crippen LogP contribution is 2.27. The molecule has 19 heavy (non-hydrogen) atoms. The summed E-state index contributed by atoms with van der Waals surface area (Å²) in [6.45, 7) is 5.87. The summed E-state index contributed by atoms with van der Waals surface area (Å²) in [6, 6.07) is 7.74. The molecule has 96 valence electrons. The summed E-state index contributed by atoms with van der Waals surface area (Å²) < 4.78 is 1.04. The Kier molecular flexibility index (Phi) is 3.82. The summed E-state index contributed by atoms with van der Waals surface area (Å²) in [7, 11) is 0. The van der Waals surface area contributed by atoms with Gasteiger partial charge in [0.2, 0.25) is 5.95 Å². The Bertz CT molecular complexity index is 651. The van der Waals surface area contributed by atoms with E-state index in [1.807, 2.05) is 39.0 Å². The zero-order chi connectivity index (χ0) is 14.0. The van der Waals surface area contributed by atoms with Crippen molar-refractivity contribution in [2.75, 3.05) is 5.32 Å². The minimum Gasteiger partial charge on any atom is -0.324 e. The zero-order valence-electron chi connectivity index (χ0n) is 11.0. The molecule has 1 heterocycles. The largest absolute Gasteiger partial charge is 0.324 e. The van der Waals surface area contributed by atoms with Crippen LogP contribution in [0.4, 0.5) is 11.6 Å². The number of aryl methyl sites for hydroxylation is 3. The fourth-order valence-corrected chi connectivity index (χ4v) is 2.59. The lowest BCUT2D eigenvalue weighted by Gasteiger charge is -2.12. The number of hydrogen-bond donors (Lipinski definition) is 1. The third-order valence-corrected chi connectivity index (χ3v) is 3.16. The van der Waals surface area contributed by atoms with E-state index in [9.17, 15) is 0 Å². The molecule has 1 aromatic heterocycles. The highest BCUT2D eigenvalue weighted by molar-refractivity contribution is 9.10. The van der Waals surface area contributed by atoms with E-state index in [4.69, 9.17) is 5.26 Å². The molecule has 0 bridgehead atoms. The average molecular weight is 317 g/mol. The molecule has 0 aliphatic rings. The molecule has 0 spiro atoms. The molecule has 0 amide bonds. The molecule has 0 aliphatic carbocycles. The molecule has 2 rings (SSSR count). The molecular formula is C14H13BrN4. The number of nitriles is 1. The second-order valence-corrected chi connectivity index (χ2v) is 5.29. The van der Waals surface area contributed by atoms with Gasteiger partial charge in [-0.2, -0.15) is 5.26 Å². The second kappa shape index (κ2) is 5.37. The van der Waals surface area contributed by atoms with Gasteiger partial charge in [0.15, 0.2) is 0 Å². The maximum Gasteiger partial charge on any atom is 0.228 e. The van der Waals surface area contributed by atoms with Gasteiger partial charge in [-0.05, 0) is 50.1 Å². The number of hydrogen-bond acceptors (Lipinski definition) is 4. The molecule has 5 heteroatoms. The van der Waals surface area contributed by atoms with Gasteiger partial charge in [0, 0.05) is 15.9 Å². The minimum atomic E-state index is 0.363. The van der Waals surface area contributed by atoms with Gasteiger partial charge >= 0.3 is 0 Å². The van der Waals surface area contributed by atoms with Gasteiger partial charge in [0.05, 0.1) is 0 Å². The van der Waals surface area contributed by atoms with Crippen LogP contribution < -0.4 is 5.32 Å². The van der Waals surface area contributed by atoms with Crippen molar-refractivity contribution < 1.29 is 0 Å². The van der Waals surface area contributed by atoms with Crippen LogP contribution >= 0.6 is 15.9 Å². The lowest BCUT2D eigenvalue weighted by Crippen LogP contribution is -2.03. The number of nitrogens with zero attached hydrogens (tertiary/aromatic N) is 3. The quantitative estimate of drug-likeness (QED) is 0.915. The molecule has 0 radical (unpaired) electrons. The third-order valence-electron chi connectivity index (χ3n) is 2.70. The summed E-state index contributed by atoms with van der Waals surface area (Å²) in [6.07, 6.45) is 0. The van der Waals surface area contributed by atoms with Crippen molar-refractivity contribution >= 4 is 27.6 Å². The van der Waals surface area contributed by atoms with Gasteiger partial charge in [0.1, 0.15) is 11.8 Å². The predicted octanol–water partition coefficient (Wildman–Crippen LogP) is 3.78. The SMILES string of the molecule is Cc1cc(C#N)nc(Nc2c(C)cc(Br)cc2C)n1. The third kappa shape index (κ3) is 3.09. The van der Waals surface area contributed by atoms with E-state index in [-0.39, 0.29) is 0 Å². The number of nitrogens with one attached hydrogen (secondary N) is 1. The van der Waals surface area contributed by atoms with Crippen LogP contribution in [-0.4, -0.2) is 9.97 Å². The molecule has 0 fully saturated rings. The van der Waals surface area contributed by atoms with E-state index in [0.717, 1.165) is 27.0 Å². The maximum absolute atomic E-state index is 8.92. The van der Waals surface area contributed by atoms with Crippen LogP contribution in [0.3, 0.4) is 0 Å². The van der Waals surface area contributed by atoms with Gasteiger partial charge < -0.3 is 5.32 Å². The molecule has 0 saturated carbocycles. The van der Waals surface area contributed by atoms with Crippen LogP contribution in [-0.2, 0) is 0 Å². The van der Waals surface area contributed by atoms with E-state index in [0.29, 0.717) is 11.6 Å². The van der Waals surface area contributed by atoms with E-state index in [1.165, 1.54) is 0 Å². The summed E-state index contributed by atoms with van der Waals surface area (Å²) in [5.41, 5.74) is 4.28. The number of anilines is 2. The van der Waals surface area contributed by atoms with Crippen LogP contribution in [0.2, 0.25) is 0 Å². The monoisotopic (exact) mass is 316 g/mol. The summed E-state index contributed by atoms with van der Waals surface area (Å²) in [4.78, 5) is 8.45. The van der Waals surface area contributed by atoms with Crippen LogP contribution in [0.1, 0.15) is 22.5 Å². The fraction of sp³-hybridized carbons (Fsp3) is 0.214. The van der Waals surface area contributed by atoms with Crippen LogP contribution in [0.25, 0.3) is 0 Å². The van der Waals surface area contributed by atoms with Gasteiger partial charge in [-0.3, -0.25) is 0 Å². The first-order valence-corrected chi connectivity index (χ1v) is 6.58. The zero-order valence-corrected chi connectivity index (χ0v) is 12.5. The van der Waals surface area contributed by atoms with Crippen LogP contribution in [0, 0.1) is 32.1 Å². The number of halogens is 1. The van der Waals surface area contributed by atoms with E-state index < -0.39 is 0 Å². The Morgan fingerprint density at radius 2 is 1.74 bits per heavy atom. The molecule has 0 aliphatic heterocycles. The van der Waals surface area contributed by atoms with Crippen molar-refractivity contribution in [2.45, 2.75) is 20.8 Å². The van der Waals surface area contributed by atoms with E-state index >= 15 is 0 Å². The Morgan fingerprint density at radius 3 is 2.32 bits per heavy atom. The Balaban J connectivity index is 2.42. The maximum atomic E-state index is 8.92. The second-order valence-electron chi connectivity index (χ2n) is 4.37. The number of rotatable bonds is 2. The highest BCUT2D eigenvalue weighted by Gasteiger charge is 2.07. The van der Waals surface area contributed by atoms with Crippen molar-refractivity contribution in [3.05, 3.63) is 45.2 Å². The Labute approximate surface area is 120 Å². The number of aromatic nitrogens is 2. The molecular weight excluding hydrogens is 304 g/mol. The predicted molar refractivity (Wildman–Crippen MR) is 78.4 cm³/mol. The van der Waals surface area contributed by atoms with Crippen molar-refractivity contribution in [3.63, 3.8) is 0 Å². The summed E-state index contributed by atoms with van der Waals surface area (Å²) in [5, 5.41) is 12.1. The van der Waals surface area contributed by atoms with Crippen molar-refractivity contribution in [1.29, 1.82) is 5.26 Å². The molecule has 0 unspecified atom stereocenters. The van der Waals surface area contributed by atoms with Gasteiger partial charge in [-0.25, -0.2) is 9.97 Å². The first-order chi connectivity index (χ1) is 8.99. The first-order valence-electron chi connectivity index (χ1n) is 5.79. The Morgan fingerprint density at radius 1 is 1.11 bits per heavy atom. The molecule has 1 N–H and O–H groups in total. The summed E-state index contributed by atoms with van der Waals surface area (Å²) in [5.74, 6) is 0.449. The minimum absolute atomic E-state index is 0.363. The highest BCUT2D eigenvalue weighted by atomic mass is 79.9. The first kappa shape index (κ1) is 13.5. The summed E-state index contributed by atoms with van der Waals surface area (Å²) >= 11 is 3.46. The molecule has 2 aromatic rings. The molecule has 4 nitrogen and oxygen atoms in total. The van der Waals surface area contributed by atoms with Crippen LogP contribution in [0.15, 0.2) is 22.7 Å². The van der Waals surface area contributed by atoms with Crippen LogP contribution in [0.5, 0.6) is 0 Å². The normalized spacial score (nSPS) is 10.1. The van der Waals surface area contributed by atoms with Gasteiger partial charge in [-0.15, -0.1) is 0 Å². The van der Waals surface area contributed by atoms with Gasteiger partial charge in [0.25, 0.3) is 0 Å². The van der Waals surface area contributed by atoms with Crippen molar-refractivity contribution in [2.24, 2.45) is 0 Å². The van der Waals surface area contributed by atoms with Gasteiger partial charge in [-0.1, -0.05) is 15.9 Å². The Hall–Kier alpha value is -1.93. The average Bonchev–Trinajstić information content (AvgIpc) is 2.33. The topological polar surface area (TPSA) is 61.6 Å². The molecule has 0 saturated heterocycles. The van der Waals surface area contributed by atoms with E-state index in [1.54, 1.807) is 6.07 Å². The standard InChI is InChI=1S/C14H13BrN4/c1-8-4-11(15)5-9(2)13(8)19-14-17-10(3)6-12(7-16)18-14/h4-6H,1-3H3,(H,17,18,19). The van der Waals surface area contributed by atoms with E-state index in [2.05, 4.69) is 31.2 Å².